The molecular formula is C12H26N2. The fourth-order valence-electron chi connectivity index (χ4n) is 1.89. The van der Waals surface area contributed by atoms with E-state index >= 15 is 0 Å². The zero-order valence-electron chi connectivity index (χ0n) is 10.2. The molecule has 1 fully saturated rings. The third-order valence-electron chi connectivity index (χ3n) is 3.30. The maximum Gasteiger partial charge on any atom is 0.0192 e. The van der Waals surface area contributed by atoms with Crippen molar-refractivity contribution in [3.63, 3.8) is 0 Å². The molecule has 2 unspecified atom stereocenters. The smallest absolute Gasteiger partial charge is 0.0192 e. The molecule has 0 bridgehead atoms. The summed E-state index contributed by atoms with van der Waals surface area (Å²) in [6, 6.07) is 2.24. The van der Waals surface area contributed by atoms with E-state index in [0.717, 1.165) is 12.6 Å². The summed E-state index contributed by atoms with van der Waals surface area (Å²) in [6.07, 6.45) is 5.39. The first-order chi connectivity index (χ1) is 6.65. The summed E-state index contributed by atoms with van der Waals surface area (Å²) >= 11 is 0. The molecule has 1 N–H and O–H groups in total. The van der Waals surface area contributed by atoms with E-state index < -0.39 is 0 Å². The van der Waals surface area contributed by atoms with Crippen LogP contribution in [0.1, 0.15) is 46.5 Å². The Bertz CT molecular complexity index is 154. The normalized spacial score (nSPS) is 21.2. The van der Waals surface area contributed by atoms with Crippen LogP contribution in [0.25, 0.3) is 0 Å². The van der Waals surface area contributed by atoms with E-state index in [1.807, 2.05) is 0 Å². The summed E-state index contributed by atoms with van der Waals surface area (Å²) in [5.41, 5.74) is 0. The molecule has 0 heterocycles. The number of hydrogen-bond donors (Lipinski definition) is 1. The van der Waals surface area contributed by atoms with E-state index in [9.17, 15) is 0 Å². The Hall–Kier alpha value is -0.0800. The van der Waals surface area contributed by atoms with Crippen molar-refractivity contribution in [2.45, 2.75) is 64.6 Å². The SMILES string of the molecule is CCCC(C)NCC(C)N(C)C1CC1. The van der Waals surface area contributed by atoms with Gasteiger partial charge < -0.3 is 5.32 Å². The Labute approximate surface area is 89.1 Å². The van der Waals surface area contributed by atoms with Gasteiger partial charge in [-0.25, -0.2) is 0 Å². The minimum absolute atomic E-state index is 0.676. The number of nitrogens with one attached hydrogen (secondary N) is 1. The van der Waals surface area contributed by atoms with Gasteiger partial charge >= 0.3 is 0 Å². The summed E-state index contributed by atoms with van der Waals surface area (Å²) in [5, 5.41) is 3.61. The average Bonchev–Trinajstić information content (AvgIpc) is 2.96. The molecule has 0 aromatic carbocycles. The highest BCUT2D eigenvalue weighted by Crippen LogP contribution is 2.26. The molecule has 0 saturated heterocycles. The maximum atomic E-state index is 3.61. The molecule has 2 nitrogen and oxygen atoms in total. The van der Waals surface area contributed by atoms with Crippen molar-refractivity contribution in [2.24, 2.45) is 0 Å². The lowest BCUT2D eigenvalue weighted by Crippen LogP contribution is -2.41. The minimum atomic E-state index is 0.676. The van der Waals surface area contributed by atoms with Gasteiger partial charge in [0.1, 0.15) is 0 Å². The molecule has 0 aromatic rings. The molecule has 0 radical (unpaired) electrons. The second kappa shape index (κ2) is 5.72. The molecule has 2 atom stereocenters. The minimum Gasteiger partial charge on any atom is -0.313 e. The van der Waals surface area contributed by atoms with Gasteiger partial charge in [-0.15, -0.1) is 0 Å². The lowest BCUT2D eigenvalue weighted by Gasteiger charge is -2.26. The Morgan fingerprint density at radius 2 is 2.00 bits per heavy atom. The van der Waals surface area contributed by atoms with E-state index in [1.54, 1.807) is 0 Å². The molecule has 1 saturated carbocycles. The van der Waals surface area contributed by atoms with Gasteiger partial charge in [-0.2, -0.15) is 0 Å². The molecule has 0 aliphatic heterocycles. The number of likely N-dealkylation sites (N-methyl/N-ethyl adjacent to an activating group) is 1. The number of hydrogen-bond acceptors (Lipinski definition) is 2. The van der Waals surface area contributed by atoms with Crippen LogP contribution in [0.4, 0.5) is 0 Å². The molecular weight excluding hydrogens is 172 g/mol. The van der Waals surface area contributed by atoms with Crippen molar-refractivity contribution in [3.8, 4) is 0 Å². The van der Waals surface area contributed by atoms with Gasteiger partial charge in [0.2, 0.25) is 0 Å². The Morgan fingerprint density at radius 3 is 2.50 bits per heavy atom. The summed E-state index contributed by atoms with van der Waals surface area (Å²) in [4.78, 5) is 2.52. The van der Waals surface area contributed by atoms with Crippen molar-refractivity contribution >= 4 is 0 Å². The Kier molecular flexibility index (Phi) is 4.90. The molecule has 0 spiro atoms. The van der Waals surface area contributed by atoms with Crippen LogP contribution in [0.3, 0.4) is 0 Å². The summed E-state index contributed by atoms with van der Waals surface area (Å²) in [6.45, 7) is 7.99. The van der Waals surface area contributed by atoms with Crippen LogP contribution in [-0.2, 0) is 0 Å². The second-order valence-electron chi connectivity index (χ2n) is 4.84. The fraction of sp³-hybridized carbons (Fsp3) is 1.00. The molecule has 1 aliphatic carbocycles. The number of rotatable bonds is 7. The van der Waals surface area contributed by atoms with Gasteiger partial charge in [0.15, 0.2) is 0 Å². The quantitative estimate of drug-likeness (QED) is 0.675. The van der Waals surface area contributed by atoms with Crippen LogP contribution in [0.5, 0.6) is 0 Å². The molecule has 0 amide bonds. The first kappa shape index (κ1) is 12.0. The zero-order valence-corrected chi connectivity index (χ0v) is 10.2. The third kappa shape index (κ3) is 3.97. The molecule has 1 aliphatic rings. The molecule has 1 rings (SSSR count). The van der Waals surface area contributed by atoms with Crippen LogP contribution in [0, 0.1) is 0 Å². The molecule has 84 valence electrons. The fourth-order valence-corrected chi connectivity index (χ4v) is 1.89. The Balaban J connectivity index is 2.09. The molecule has 2 heteroatoms. The van der Waals surface area contributed by atoms with Crippen molar-refractivity contribution in [2.75, 3.05) is 13.6 Å². The van der Waals surface area contributed by atoms with Gasteiger partial charge in [0, 0.05) is 24.7 Å². The predicted octanol–water partition coefficient (Wildman–Crippen LogP) is 2.25. The van der Waals surface area contributed by atoms with Crippen LogP contribution in [0.2, 0.25) is 0 Å². The third-order valence-corrected chi connectivity index (χ3v) is 3.30. The summed E-state index contributed by atoms with van der Waals surface area (Å²) in [5.74, 6) is 0. The predicted molar refractivity (Wildman–Crippen MR) is 62.6 cm³/mol. The lowest BCUT2D eigenvalue weighted by molar-refractivity contribution is 0.235. The van der Waals surface area contributed by atoms with Gasteiger partial charge in [-0.3, -0.25) is 4.90 Å². The van der Waals surface area contributed by atoms with Crippen LogP contribution in [-0.4, -0.2) is 36.6 Å². The van der Waals surface area contributed by atoms with Crippen molar-refractivity contribution in [1.82, 2.24) is 10.2 Å². The van der Waals surface area contributed by atoms with Gasteiger partial charge in [0.05, 0.1) is 0 Å². The van der Waals surface area contributed by atoms with Crippen molar-refractivity contribution in [3.05, 3.63) is 0 Å². The molecule has 14 heavy (non-hydrogen) atoms. The van der Waals surface area contributed by atoms with Crippen LogP contribution in [0.15, 0.2) is 0 Å². The summed E-state index contributed by atoms with van der Waals surface area (Å²) in [7, 11) is 2.26. The average molecular weight is 198 g/mol. The molecule has 0 aromatic heterocycles. The summed E-state index contributed by atoms with van der Waals surface area (Å²) < 4.78 is 0. The lowest BCUT2D eigenvalue weighted by atomic mass is 10.2. The van der Waals surface area contributed by atoms with Crippen molar-refractivity contribution in [1.29, 1.82) is 0 Å². The standard InChI is InChI=1S/C12H26N2/c1-5-6-10(2)13-9-11(3)14(4)12-7-8-12/h10-13H,5-9H2,1-4H3. The van der Waals surface area contributed by atoms with Gasteiger partial charge in [-0.1, -0.05) is 13.3 Å². The van der Waals surface area contributed by atoms with Gasteiger partial charge in [0.25, 0.3) is 0 Å². The largest absolute Gasteiger partial charge is 0.313 e. The van der Waals surface area contributed by atoms with Crippen molar-refractivity contribution < 1.29 is 0 Å². The van der Waals surface area contributed by atoms with E-state index in [0.29, 0.717) is 12.1 Å². The van der Waals surface area contributed by atoms with E-state index in [4.69, 9.17) is 0 Å². The van der Waals surface area contributed by atoms with Gasteiger partial charge in [-0.05, 0) is 40.2 Å². The zero-order chi connectivity index (χ0) is 10.6. The first-order valence-electron chi connectivity index (χ1n) is 6.10. The highest BCUT2D eigenvalue weighted by Gasteiger charge is 2.28. The monoisotopic (exact) mass is 198 g/mol. The first-order valence-corrected chi connectivity index (χ1v) is 6.10. The van der Waals surface area contributed by atoms with E-state index in [-0.39, 0.29) is 0 Å². The highest BCUT2D eigenvalue weighted by atomic mass is 15.2. The number of nitrogens with zero attached hydrogens (tertiary/aromatic N) is 1. The van der Waals surface area contributed by atoms with Crippen LogP contribution < -0.4 is 5.32 Å². The topological polar surface area (TPSA) is 15.3 Å². The van der Waals surface area contributed by atoms with E-state index in [1.165, 1.54) is 25.7 Å². The second-order valence-corrected chi connectivity index (χ2v) is 4.84. The van der Waals surface area contributed by atoms with E-state index in [2.05, 4.69) is 38.0 Å². The maximum absolute atomic E-state index is 3.61. The van der Waals surface area contributed by atoms with Crippen LogP contribution >= 0.6 is 0 Å². The Morgan fingerprint density at radius 1 is 1.36 bits per heavy atom. The highest BCUT2D eigenvalue weighted by molar-refractivity contribution is 4.86.